The van der Waals surface area contributed by atoms with E-state index in [-0.39, 0.29) is 17.9 Å². The summed E-state index contributed by atoms with van der Waals surface area (Å²) in [6, 6.07) is 15.6. The Labute approximate surface area is 142 Å². The Balaban J connectivity index is 1.90. The van der Waals surface area contributed by atoms with Crippen molar-refractivity contribution in [1.29, 1.82) is 0 Å². The zero-order chi connectivity index (χ0) is 17.1. The third-order valence-electron chi connectivity index (χ3n) is 4.35. The lowest BCUT2D eigenvalue weighted by atomic mass is 9.95. The Bertz CT molecular complexity index is 724. The van der Waals surface area contributed by atoms with Crippen molar-refractivity contribution in [3.8, 4) is 0 Å². The van der Waals surface area contributed by atoms with Crippen molar-refractivity contribution >= 4 is 11.8 Å². The predicted octanol–water partition coefficient (Wildman–Crippen LogP) is 2.79. The first kappa shape index (κ1) is 16.2. The number of amides is 2. The first-order valence-electron chi connectivity index (χ1n) is 8.26. The highest BCUT2D eigenvalue weighted by Gasteiger charge is 2.29. The van der Waals surface area contributed by atoms with Crippen LogP contribution in [-0.2, 0) is 9.59 Å². The molecule has 0 spiro atoms. The molecule has 24 heavy (non-hydrogen) atoms. The SMILES string of the molecule is Cc1cccc(C(NC(=O)C2CCC(=O)N2)c2cccc(C)c2)c1. The Kier molecular flexibility index (Phi) is 4.65. The lowest BCUT2D eigenvalue weighted by Crippen LogP contribution is -2.43. The molecule has 1 heterocycles. The maximum Gasteiger partial charge on any atom is 0.243 e. The molecule has 2 N–H and O–H groups in total. The third kappa shape index (κ3) is 3.65. The van der Waals surface area contributed by atoms with Crippen LogP contribution in [0.4, 0.5) is 0 Å². The van der Waals surface area contributed by atoms with E-state index in [4.69, 9.17) is 0 Å². The van der Waals surface area contributed by atoms with Crippen LogP contribution in [0.1, 0.15) is 41.1 Å². The summed E-state index contributed by atoms with van der Waals surface area (Å²) in [6.07, 6.45) is 0.969. The summed E-state index contributed by atoms with van der Waals surface area (Å²) in [5.74, 6) is -0.188. The van der Waals surface area contributed by atoms with E-state index in [1.807, 2.05) is 50.2 Å². The van der Waals surface area contributed by atoms with E-state index in [2.05, 4.69) is 22.8 Å². The fourth-order valence-corrected chi connectivity index (χ4v) is 3.11. The van der Waals surface area contributed by atoms with Gasteiger partial charge in [0.05, 0.1) is 6.04 Å². The monoisotopic (exact) mass is 322 g/mol. The van der Waals surface area contributed by atoms with Crippen molar-refractivity contribution in [3.05, 3.63) is 70.8 Å². The van der Waals surface area contributed by atoms with Crippen molar-refractivity contribution in [2.75, 3.05) is 0 Å². The van der Waals surface area contributed by atoms with Gasteiger partial charge in [0.1, 0.15) is 6.04 Å². The summed E-state index contributed by atoms with van der Waals surface area (Å²) in [4.78, 5) is 24.0. The topological polar surface area (TPSA) is 58.2 Å². The number of aryl methyl sites for hydroxylation is 2. The van der Waals surface area contributed by atoms with Crippen LogP contribution in [0, 0.1) is 13.8 Å². The minimum absolute atomic E-state index is 0.0576. The van der Waals surface area contributed by atoms with E-state index >= 15 is 0 Å². The summed E-state index contributed by atoms with van der Waals surface area (Å²) in [5.41, 5.74) is 4.37. The van der Waals surface area contributed by atoms with Gasteiger partial charge >= 0.3 is 0 Å². The summed E-state index contributed by atoms with van der Waals surface area (Å²) < 4.78 is 0. The number of nitrogens with one attached hydrogen (secondary N) is 2. The average Bonchev–Trinajstić information content (AvgIpc) is 2.99. The van der Waals surface area contributed by atoms with Crippen molar-refractivity contribution in [2.24, 2.45) is 0 Å². The van der Waals surface area contributed by atoms with Crippen LogP contribution < -0.4 is 10.6 Å². The van der Waals surface area contributed by atoms with Crippen LogP contribution in [0.15, 0.2) is 48.5 Å². The van der Waals surface area contributed by atoms with Crippen molar-refractivity contribution in [2.45, 2.75) is 38.8 Å². The Morgan fingerprint density at radius 1 is 1.08 bits per heavy atom. The van der Waals surface area contributed by atoms with E-state index in [0.717, 1.165) is 22.3 Å². The van der Waals surface area contributed by atoms with Crippen LogP contribution in [0.25, 0.3) is 0 Å². The summed E-state index contributed by atoms with van der Waals surface area (Å²) in [5, 5.41) is 5.85. The number of rotatable bonds is 4. The molecule has 0 aromatic heterocycles. The van der Waals surface area contributed by atoms with Gasteiger partial charge in [-0.2, -0.15) is 0 Å². The van der Waals surface area contributed by atoms with Crippen LogP contribution in [0.5, 0.6) is 0 Å². The summed E-state index contributed by atoms with van der Waals surface area (Å²) in [6.45, 7) is 4.08. The maximum atomic E-state index is 12.6. The first-order chi connectivity index (χ1) is 11.5. The molecule has 0 saturated carbocycles. The highest BCUT2D eigenvalue weighted by Crippen LogP contribution is 2.24. The molecule has 1 atom stereocenters. The normalized spacial score (nSPS) is 17.0. The number of hydrogen-bond donors (Lipinski definition) is 2. The molecule has 4 nitrogen and oxygen atoms in total. The van der Waals surface area contributed by atoms with Crippen LogP contribution >= 0.6 is 0 Å². The maximum absolute atomic E-state index is 12.6. The molecule has 2 amide bonds. The number of hydrogen-bond acceptors (Lipinski definition) is 2. The zero-order valence-corrected chi connectivity index (χ0v) is 14.0. The van der Waals surface area contributed by atoms with Gasteiger partial charge in [-0.15, -0.1) is 0 Å². The molecule has 124 valence electrons. The lowest BCUT2D eigenvalue weighted by Gasteiger charge is -2.22. The highest BCUT2D eigenvalue weighted by atomic mass is 16.2. The largest absolute Gasteiger partial charge is 0.344 e. The quantitative estimate of drug-likeness (QED) is 0.909. The highest BCUT2D eigenvalue weighted by molar-refractivity contribution is 5.91. The van der Waals surface area contributed by atoms with Gasteiger partial charge in [0.25, 0.3) is 0 Å². The number of carbonyl (C=O) groups excluding carboxylic acids is 2. The van der Waals surface area contributed by atoms with Crippen LogP contribution in [-0.4, -0.2) is 17.9 Å². The standard InChI is InChI=1S/C20H22N2O2/c1-13-5-3-7-15(11-13)19(16-8-4-6-14(2)12-16)22-20(24)17-9-10-18(23)21-17/h3-8,11-12,17,19H,9-10H2,1-2H3,(H,21,23)(H,22,24). The van der Waals surface area contributed by atoms with Crippen molar-refractivity contribution < 1.29 is 9.59 Å². The molecule has 1 fully saturated rings. The average molecular weight is 322 g/mol. The second-order valence-corrected chi connectivity index (χ2v) is 6.43. The molecule has 1 aliphatic rings. The van der Waals surface area contributed by atoms with E-state index in [9.17, 15) is 9.59 Å². The molecule has 0 aliphatic carbocycles. The third-order valence-corrected chi connectivity index (χ3v) is 4.35. The number of carbonyl (C=O) groups is 2. The van der Waals surface area contributed by atoms with E-state index in [1.165, 1.54) is 0 Å². The first-order valence-corrected chi connectivity index (χ1v) is 8.26. The molecular weight excluding hydrogens is 300 g/mol. The Morgan fingerprint density at radius 3 is 2.12 bits per heavy atom. The van der Waals surface area contributed by atoms with Gasteiger partial charge in [-0.1, -0.05) is 59.7 Å². The molecule has 2 aromatic rings. The second-order valence-electron chi connectivity index (χ2n) is 6.43. The van der Waals surface area contributed by atoms with Gasteiger partial charge in [0.2, 0.25) is 11.8 Å². The van der Waals surface area contributed by atoms with Gasteiger partial charge in [0.15, 0.2) is 0 Å². The summed E-state index contributed by atoms with van der Waals surface area (Å²) >= 11 is 0. The van der Waals surface area contributed by atoms with Gasteiger partial charge < -0.3 is 10.6 Å². The molecule has 0 radical (unpaired) electrons. The van der Waals surface area contributed by atoms with Crippen LogP contribution in [0.2, 0.25) is 0 Å². The molecule has 1 aliphatic heterocycles. The van der Waals surface area contributed by atoms with Crippen LogP contribution in [0.3, 0.4) is 0 Å². The minimum Gasteiger partial charge on any atom is -0.344 e. The molecule has 0 bridgehead atoms. The van der Waals surface area contributed by atoms with Gasteiger partial charge in [0, 0.05) is 6.42 Å². The number of benzene rings is 2. The Morgan fingerprint density at radius 2 is 1.67 bits per heavy atom. The van der Waals surface area contributed by atoms with Crippen molar-refractivity contribution in [3.63, 3.8) is 0 Å². The van der Waals surface area contributed by atoms with E-state index < -0.39 is 6.04 Å². The predicted molar refractivity (Wildman–Crippen MR) is 93.5 cm³/mol. The van der Waals surface area contributed by atoms with Crippen molar-refractivity contribution in [1.82, 2.24) is 10.6 Å². The zero-order valence-electron chi connectivity index (χ0n) is 14.0. The Hall–Kier alpha value is -2.62. The molecule has 4 heteroatoms. The fraction of sp³-hybridized carbons (Fsp3) is 0.300. The molecule has 1 unspecified atom stereocenters. The van der Waals surface area contributed by atoms with Gasteiger partial charge in [-0.3, -0.25) is 9.59 Å². The molecule has 2 aromatic carbocycles. The fourth-order valence-electron chi connectivity index (χ4n) is 3.11. The minimum atomic E-state index is -0.436. The molecule has 1 saturated heterocycles. The van der Waals surface area contributed by atoms with E-state index in [0.29, 0.717) is 12.8 Å². The second kappa shape index (κ2) is 6.87. The lowest BCUT2D eigenvalue weighted by molar-refractivity contribution is -0.126. The van der Waals surface area contributed by atoms with Gasteiger partial charge in [-0.05, 0) is 31.4 Å². The smallest absolute Gasteiger partial charge is 0.243 e. The molecule has 3 rings (SSSR count). The van der Waals surface area contributed by atoms with Gasteiger partial charge in [-0.25, -0.2) is 0 Å². The molecular formula is C20H22N2O2. The van der Waals surface area contributed by atoms with E-state index in [1.54, 1.807) is 0 Å². The summed E-state index contributed by atoms with van der Waals surface area (Å²) in [7, 11) is 0.